The normalized spacial score (nSPS) is 22.9. The van der Waals surface area contributed by atoms with E-state index < -0.39 is 30.1 Å². The van der Waals surface area contributed by atoms with Gasteiger partial charge in [-0.15, -0.1) is 0 Å². The summed E-state index contributed by atoms with van der Waals surface area (Å²) < 4.78 is 30.4. The van der Waals surface area contributed by atoms with Gasteiger partial charge in [-0.1, -0.05) is 110 Å². The first kappa shape index (κ1) is 38.6. The smallest absolute Gasteiger partial charge is 0.328 e. The number of nitrogens with zero attached hydrogens (tertiary/aromatic N) is 1. The molecule has 4 aromatic carbocycles. The highest BCUT2D eigenvalue weighted by molar-refractivity contribution is 5.84. The second-order valence-corrected chi connectivity index (χ2v) is 14.6. The molecule has 4 aromatic rings. The van der Waals surface area contributed by atoms with E-state index in [1.54, 1.807) is 0 Å². The van der Waals surface area contributed by atoms with Crippen LogP contribution in [0.3, 0.4) is 0 Å². The molecule has 55 heavy (non-hydrogen) atoms. The van der Waals surface area contributed by atoms with Crippen molar-refractivity contribution < 1.29 is 38.4 Å². The van der Waals surface area contributed by atoms with Crippen molar-refractivity contribution >= 4 is 12.0 Å². The van der Waals surface area contributed by atoms with Crippen LogP contribution in [-0.4, -0.2) is 79.9 Å². The third kappa shape index (κ3) is 9.44. The van der Waals surface area contributed by atoms with E-state index in [2.05, 4.69) is 34.6 Å². The number of likely N-dealkylation sites (tertiary alicyclic amines) is 1. The van der Waals surface area contributed by atoms with Crippen molar-refractivity contribution in [3.8, 4) is 11.1 Å². The Balaban J connectivity index is 1.04. The fourth-order valence-electron chi connectivity index (χ4n) is 7.79. The molecular weight excluding hydrogens is 698 g/mol. The molecule has 7 rings (SSSR count). The van der Waals surface area contributed by atoms with Gasteiger partial charge in [-0.05, 0) is 33.4 Å². The number of rotatable bonds is 12. The molecule has 0 aromatic heterocycles. The zero-order valence-corrected chi connectivity index (χ0v) is 31.5. The first-order valence-corrected chi connectivity index (χ1v) is 19.2. The van der Waals surface area contributed by atoms with E-state index in [9.17, 15) is 14.7 Å². The van der Waals surface area contributed by atoms with Crippen LogP contribution in [0.2, 0.25) is 0 Å². The molecule has 3 N–H and O–H groups in total. The molecule has 3 heterocycles. The van der Waals surface area contributed by atoms with Gasteiger partial charge in [0, 0.05) is 56.9 Å². The predicted molar refractivity (Wildman–Crippen MR) is 206 cm³/mol. The molecule has 5 atom stereocenters. The minimum Gasteiger partial charge on any atom is -0.467 e. The number of piperidine rings is 1. The fourth-order valence-corrected chi connectivity index (χ4v) is 7.79. The molecule has 3 aliphatic rings. The number of esters is 1. The monoisotopic (exact) mass is 749 g/mol. The van der Waals surface area contributed by atoms with Crippen molar-refractivity contribution in [2.75, 3.05) is 40.0 Å². The lowest BCUT2D eigenvalue weighted by Gasteiger charge is -2.44. The molecule has 2 amide bonds. The second kappa shape index (κ2) is 17.9. The van der Waals surface area contributed by atoms with Gasteiger partial charge in [0.15, 0.2) is 12.1 Å². The van der Waals surface area contributed by atoms with Crippen molar-refractivity contribution in [2.45, 2.75) is 69.7 Å². The highest BCUT2D eigenvalue weighted by Gasteiger charge is 2.43. The molecule has 3 aliphatic heterocycles. The van der Waals surface area contributed by atoms with Gasteiger partial charge in [0.25, 0.3) is 0 Å². The van der Waals surface area contributed by atoms with Crippen molar-refractivity contribution in [3.63, 3.8) is 0 Å². The number of aliphatic hydroxyl groups is 1. The number of carbonyl (C=O) groups excluding carboxylic acids is 2. The lowest BCUT2D eigenvalue weighted by Crippen LogP contribution is -2.50. The third-order valence-electron chi connectivity index (χ3n) is 11.0. The summed E-state index contributed by atoms with van der Waals surface area (Å²) in [5.74, 6) is -0.869. The van der Waals surface area contributed by atoms with Crippen LogP contribution in [0.25, 0.3) is 11.1 Å². The summed E-state index contributed by atoms with van der Waals surface area (Å²) in [5, 5.41) is 15.3. The van der Waals surface area contributed by atoms with E-state index in [1.807, 2.05) is 91.0 Å². The van der Waals surface area contributed by atoms with Crippen LogP contribution in [0.4, 0.5) is 4.79 Å². The molecule has 11 nitrogen and oxygen atoms in total. The highest BCUT2D eigenvalue weighted by Crippen LogP contribution is 2.43. The fraction of sp³-hybridized carbons (Fsp3) is 0.409. The maximum Gasteiger partial charge on any atom is 0.328 e. The quantitative estimate of drug-likeness (QED) is 0.148. The van der Waals surface area contributed by atoms with Crippen molar-refractivity contribution in [1.82, 2.24) is 15.5 Å². The van der Waals surface area contributed by atoms with Crippen LogP contribution in [0.15, 0.2) is 103 Å². The van der Waals surface area contributed by atoms with Gasteiger partial charge >= 0.3 is 12.0 Å². The summed E-state index contributed by atoms with van der Waals surface area (Å²) in [6.45, 7) is 6.26. The zero-order chi connectivity index (χ0) is 38.2. The number of carbonyl (C=O) groups is 2. The molecular formula is C44H51N3O8. The molecule has 0 radical (unpaired) electrons. The highest BCUT2D eigenvalue weighted by atomic mass is 16.7. The SMILES string of the molecule is COC(=O)C(Cc1ccccc1)NC(=O)NCc1ccccc1-c1ccc(C2OC(CN3CCC4(CC3)OCCO4)C(C)C(c3ccc(CO)cc3)O2)cc1. The lowest BCUT2D eigenvalue weighted by molar-refractivity contribution is -0.278. The Morgan fingerprint density at radius 2 is 1.53 bits per heavy atom. The number of aliphatic hydroxyl groups excluding tert-OH is 1. The standard InChI is InChI=1S/C44H51N3O8/c1-30-39(28-47-22-20-44(21-23-47)52-24-25-53-44)54-42(55-40(30)34-14-12-32(29-48)13-15-34)35-18-16-33(17-19-35)37-11-7-6-10-36(37)27-45-43(50)46-38(41(49)51-2)26-31-8-4-3-5-9-31/h3-19,30,38-40,42,48H,20-29H2,1-2H3,(H2,45,46,50). The number of nitrogens with one attached hydrogen (secondary N) is 2. The molecule has 0 saturated carbocycles. The molecule has 0 aliphatic carbocycles. The number of amides is 2. The predicted octanol–water partition coefficient (Wildman–Crippen LogP) is 6.06. The van der Waals surface area contributed by atoms with Crippen LogP contribution < -0.4 is 10.6 Å². The maximum absolute atomic E-state index is 13.0. The van der Waals surface area contributed by atoms with Crippen LogP contribution in [0.1, 0.15) is 60.0 Å². The summed E-state index contributed by atoms with van der Waals surface area (Å²) in [5.41, 5.74) is 6.60. The first-order chi connectivity index (χ1) is 26.8. The van der Waals surface area contributed by atoms with Gasteiger partial charge in [0.2, 0.25) is 0 Å². The van der Waals surface area contributed by atoms with Crippen molar-refractivity contribution in [1.29, 1.82) is 0 Å². The van der Waals surface area contributed by atoms with Gasteiger partial charge in [0.05, 0.1) is 39.1 Å². The number of urea groups is 1. The molecule has 11 heteroatoms. The zero-order valence-electron chi connectivity index (χ0n) is 31.5. The van der Waals surface area contributed by atoms with Crippen molar-refractivity contribution in [3.05, 3.63) is 131 Å². The Kier molecular flexibility index (Phi) is 12.6. The lowest BCUT2D eigenvalue weighted by atomic mass is 9.89. The Hall–Kier alpha value is -4.62. The number of hydrogen-bond acceptors (Lipinski definition) is 9. The first-order valence-electron chi connectivity index (χ1n) is 19.2. The van der Waals surface area contributed by atoms with Crippen molar-refractivity contribution in [2.24, 2.45) is 5.92 Å². The van der Waals surface area contributed by atoms with Crippen LogP contribution in [0.5, 0.6) is 0 Å². The Labute approximate surface area is 322 Å². The minimum atomic E-state index is -0.824. The van der Waals surface area contributed by atoms with Gasteiger partial charge in [-0.2, -0.15) is 0 Å². The Morgan fingerprint density at radius 3 is 2.22 bits per heavy atom. The molecule has 1 spiro atoms. The summed E-state index contributed by atoms with van der Waals surface area (Å²) in [4.78, 5) is 27.9. The number of methoxy groups -OCH3 is 1. The van der Waals surface area contributed by atoms with E-state index >= 15 is 0 Å². The summed E-state index contributed by atoms with van der Waals surface area (Å²) in [6, 6.07) is 32.3. The van der Waals surface area contributed by atoms with E-state index in [4.69, 9.17) is 23.7 Å². The molecule has 290 valence electrons. The van der Waals surface area contributed by atoms with E-state index in [0.717, 1.165) is 71.4 Å². The van der Waals surface area contributed by atoms with E-state index in [0.29, 0.717) is 19.6 Å². The van der Waals surface area contributed by atoms with Gasteiger partial charge in [-0.3, -0.25) is 0 Å². The molecule has 3 fully saturated rings. The third-order valence-corrected chi connectivity index (χ3v) is 11.0. The number of benzene rings is 4. The van der Waals surface area contributed by atoms with Crippen LogP contribution in [-0.2, 0) is 48.1 Å². The maximum atomic E-state index is 13.0. The summed E-state index contributed by atoms with van der Waals surface area (Å²) >= 11 is 0. The summed E-state index contributed by atoms with van der Waals surface area (Å²) in [6.07, 6.45) is 1.10. The molecule has 3 saturated heterocycles. The Morgan fingerprint density at radius 1 is 0.855 bits per heavy atom. The number of hydrogen-bond donors (Lipinski definition) is 3. The van der Waals surface area contributed by atoms with Gasteiger partial charge in [-0.25, -0.2) is 9.59 Å². The Bertz CT molecular complexity index is 1860. The molecule has 5 unspecified atom stereocenters. The van der Waals surface area contributed by atoms with E-state index in [1.165, 1.54) is 7.11 Å². The molecule has 0 bridgehead atoms. The van der Waals surface area contributed by atoms with Gasteiger partial charge < -0.3 is 44.3 Å². The summed E-state index contributed by atoms with van der Waals surface area (Å²) in [7, 11) is 1.31. The second-order valence-electron chi connectivity index (χ2n) is 14.6. The topological polar surface area (TPSA) is 128 Å². The number of ether oxygens (including phenoxy) is 5. The largest absolute Gasteiger partial charge is 0.467 e. The van der Waals surface area contributed by atoms with Crippen LogP contribution >= 0.6 is 0 Å². The van der Waals surface area contributed by atoms with E-state index in [-0.39, 0.29) is 31.3 Å². The van der Waals surface area contributed by atoms with Gasteiger partial charge in [0.1, 0.15) is 6.04 Å². The average molecular weight is 750 g/mol. The average Bonchev–Trinajstić information content (AvgIpc) is 3.69. The van der Waals surface area contributed by atoms with Crippen LogP contribution in [0, 0.1) is 5.92 Å². The minimum absolute atomic E-state index is 0.0110.